The number of nitrogen functional groups attached to an aromatic ring is 1. The molecular weight excluding hydrogens is 284 g/mol. The zero-order chi connectivity index (χ0) is 11.9. The van der Waals surface area contributed by atoms with Crippen LogP contribution in [0.25, 0.3) is 11.3 Å². The molecule has 4 heteroatoms. The van der Waals surface area contributed by atoms with Gasteiger partial charge in [-0.25, -0.2) is 4.98 Å². The van der Waals surface area contributed by atoms with Crippen molar-refractivity contribution in [1.29, 1.82) is 0 Å². The third-order valence-electron chi connectivity index (χ3n) is 2.57. The van der Waals surface area contributed by atoms with Crippen molar-refractivity contribution in [3.8, 4) is 11.3 Å². The van der Waals surface area contributed by atoms with Crippen LogP contribution < -0.4 is 5.73 Å². The summed E-state index contributed by atoms with van der Waals surface area (Å²) in [6.07, 6.45) is 0. The number of benzene rings is 1. The molecule has 2 aromatic rings. The van der Waals surface area contributed by atoms with Gasteiger partial charge < -0.3 is 5.73 Å². The molecule has 2 nitrogen and oxygen atoms in total. The first-order valence-electron chi connectivity index (χ1n) is 4.99. The summed E-state index contributed by atoms with van der Waals surface area (Å²) in [7, 11) is 0. The molecule has 0 unspecified atom stereocenters. The van der Waals surface area contributed by atoms with E-state index in [1.807, 2.05) is 0 Å². The Labute approximate surface area is 108 Å². The number of nitrogens with zero attached hydrogens (tertiary/aromatic N) is 1. The van der Waals surface area contributed by atoms with Crippen LogP contribution in [0.3, 0.4) is 0 Å². The van der Waals surface area contributed by atoms with E-state index in [9.17, 15) is 0 Å². The quantitative estimate of drug-likeness (QED) is 0.861. The van der Waals surface area contributed by atoms with E-state index in [1.54, 1.807) is 0 Å². The Hall–Kier alpha value is -0.870. The molecule has 0 aliphatic rings. The minimum absolute atomic E-state index is 0.632. The molecule has 1 aromatic carbocycles. The van der Waals surface area contributed by atoms with E-state index in [2.05, 4.69) is 53.8 Å². The highest BCUT2D eigenvalue weighted by Gasteiger charge is 2.11. The topological polar surface area (TPSA) is 38.9 Å². The lowest BCUT2D eigenvalue weighted by Gasteiger charge is -2.07. The number of anilines is 1. The summed E-state index contributed by atoms with van der Waals surface area (Å²) in [5.41, 5.74) is 10.3. The van der Waals surface area contributed by atoms with E-state index in [-0.39, 0.29) is 0 Å². The Kier molecular flexibility index (Phi) is 3.04. The minimum atomic E-state index is 0.632. The lowest BCUT2D eigenvalue weighted by atomic mass is 10.0. The summed E-state index contributed by atoms with van der Waals surface area (Å²) in [4.78, 5) is 5.56. The molecule has 0 aliphatic carbocycles. The Bertz CT molecular complexity index is 546. The molecule has 0 spiro atoms. The Morgan fingerprint density at radius 2 is 1.88 bits per heavy atom. The van der Waals surface area contributed by atoms with Crippen molar-refractivity contribution >= 4 is 32.4 Å². The first-order chi connectivity index (χ1) is 7.49. The van der Waals surface area contributed by atoms with Crippen molar-refractivity contribution in [3.63, 3.8) is 0 Å². The van der Waals surface area contributed by atoms with Gasteiger partial charge in [0.15, 0.2) is 5.13 Å². The van der Waals surface area contributed by atoms with Crippen LogP contribution in [0, 0.1) is 20.8 Å². The summed E-state index contributed by atoms with van der Waals surface area (Å²) in [6, 6.07) is 4.28. The van der Waals surface area contributed by atoms with Gasteiger partial charge in [-0.1, -0.05) is 15.9 Å². The Morgan fingerprint density at radius 3 is 2.44 bits per heavy atom. The van der Waals surface area contributed by atoms with Crippen molar-refractivity contribution in [2.75, 3.05) is 5.73 Å². The van der Waals surface area contributed by atoms with Gasteiger partial charge in [-0.2, -0.15) is 0 Å². The van der Waals surface area contributed by atoms with E-state index >= 15 is 0 Å². The van der Waals surface area contributed by atoms with Gasteiger partial charge in [-0.3, -0.25) is 0 Å². The molecule has 0 amide bonds. The highest BCUT2D eigenvalue weighted by atomic mass is 79.9. The first kappa shape index (κ1) is 11.6. The van der Waals surface area contributed by atoms with Crippen LogP contribution >= 0.6 is 27.3 Å². The van der Waals surface area contributed by atoms with Crippen LogP contribution in [-0.2, 0) is 0 Å². The number of thiazole rings is 1. The Balaban J connectivity index is 2.64. The van der Waals surface area contributed by atoms with Gasteiger partial charge in [-0.15, -0.1) is 11.3 Å². The molecule has 0 saturated heterocycles. The van der Waals surface area contributed by atoms with Crippen LogP contribution in [0.5, 0.6) is 0 Å². The van der Waals surface area contributed by atoms with Gasteiger partial charge in [0.2, 0.25) is 0 Å². The second-order valence-corrected chi connectivity index (χ2v) is 5.96. The maximum atomic E-state index is 5.73. The summed E-state index contributed by atoms with van der Waals surface area (Å²) < 4.78 is 1.13. The molecule has 0 bridgehead atoms. The van der Waals surface area contributed by atoms with Gasteiger partial charge in [0.25, 0.3) is 0 Å². The van der Waals surface area contributed by atoms with E-state index in [4.69, 9.17) is 5.73 Å². The van der Waals surface area contributed by atoms with Crippen LogP contribution in [0.15, 0.2) is 16.6 Å². The molecule has 2 rings (SSSR count). The fourth-order valence-electron chi connectivity index (χ4n) is 1.70. The van der Waals surface area contributed by atoms with Gasteiger partial charge in [0.05, 0.1) is 5.69 Å². The van der Waals surface area contributed by atoms with Crippen LogP contribution in [0.4, 0.5) is 5.13 Å². The average molecular weight is 297 g/mol. The summed E-state index contributed by atoms with van der Waals surface area (Å²) in [6.45, 7) is 6.23. The van der Waals surface area contributed by atoms with Gasteiger partial charge in [-0.05, 0) is 44.0 Å². The highest BCUT2D eigenvalue weighted by molar-refractivity contribution is 9.10. The molecule has 2 N–H and O–H groups in total. The predicted octanol–water partition coefficient (Wildman–Crippen LogP) is 4.08. The van der Waals surface area contributed by atoms with Crippen LogP contribution in [0.2, 0.25) is 0 Å². The number of nitrogens with two attached hydrogens (primary N) is 1. The van der Waals surface area contributed by atoms with Crippen LogP contribution in [0.1, 0.15) is 16.0 Å². The van der Waals surface area contributed by atoms with Crippen molar-refractivity contribution in [3.05, 3.63) is 32.6 Å². The second-order valence-electron chi connectivity index (χ2n) is 3.87. The summed E-state index contributed by atoms with van der Waals surface area (Å²) in [5, 5.41) is 0.632. The number of rotatable bonds is 1. The molecule has 1 aromatic heterocycles. The van der Waals surface area contributed by atoms with E-state index in [0.29, 0.717) is 5.13 Å². The third kappa shape index (κ3) is 1.99. The maximum Gasteiger partial charge on any atom is 0.180 e. The minimum Gasteiger partial charge on any atom is -0.375 e. The summed E-state index contributed by atoms with van der Waals surface area (Å²) in [5.74, 6) is 0. The van der Waals surface area contributed by atoms with Crippen LogP contribution in [-0.4, -0.2) is 4.98 Å². The lowest BCUT2D eigenvalue weighted by Crippen LogP contribution is -1.89. The predicted molar refractivity (Wildman–Crippen MR) is 73.9 cm³/mol. The lowest BCUT2D eigenvalue weighted by molar-refractivity contribution is 1.31. The molecule has 16 heavy (non-hydrogen) atoms. The number of hydrogen-bond acceptors (Lipinski definition) is 3. The monoisotopic (exact) mass is 296 g/mol. The highest BCUT2D eigenvalue weighted by Crippen LogP contribution is 2.33. The number of aromatic nitrogens is 1. The Morgan fingerprint density at radius 1 is 1.19 bits per heavy atom. The largest absolute Gasteiger partial charge is 0.375 e. The first-order valence-corrected chi connectivity index (χ1v) is 6.60. The van der Waals surface area contributed by atoms with Crippen molar-refractivity contribution in [2.45, 2.75) is 20.8 Å². The SMILES string of the molecule is Cc1cc(-c2nc(N)sc2C)c(C)cc1Br. The fraction of sp³-hybridized carbons (Fsp3) is 0.250. The normalized spacial score (nSPS) is 10.8. The van der Waals surface area contributed by atoms with Crippen molar-refractivity contribution in [2.24, 2.45) is 0 Å². The molecule has 0 fully saturated rings. The zero-order valence-corrected chi connectivity index (χ0v) is 11.9. The van der Waals surface area contributed by atoms with Gasteiger partial charge in [0.1, 0.15) is 0 Å². The number of halogens is 1. The van der Waals surface area contributed by atoms with E-state index in [1.165, 1.54) is 32.9 Å². The number of hydrogen-bond donors (Lipinski definition) is 1. The molecule has 0 atom stereocenters. The van der Waals surface area contributed by atoms with E-state index < -0.39 is 0 Å². The van der Waals surface area contributed by atoms with Crippen molar-refractivity contribution in [1.82, 2.24) is 4.98 Å². The molecule has 0 aliphatic heterocycles. The van der Waals surface area contributed by atoms with E-state index in [0.717, 1.165) is 10.2 Å². The average Bonchev–Trinajstić information content (AvgIpc) is 2.51. The van der Waals surface area contributed by atoms with Crippen molar-refractivity contribution < 1.29 is 0 Å². The smallest absolute Gasteiger partial charge is 0.180 e. The zero-order valence-electron chi connectivity index (χ0n) is 9.47. The molecule has 84 valence electrons. The van der Waals surface area contributed by atoms with Gasteiger partial charge in [0, 0.05) is 14.9 Å². The molecule has 0 saturated carbocycles. The second kappa shape index (κ2) is 4.18. The fourth-order valence-corrected chi connectivity index (χ4v) is 2.86. The number of aryl methyl sites for hydroxylation is 3. The molecule has 0 radical (unpaired) electrons. The maximum absolute atomic E-state index is 5.73. The standard InChI is InChI=1S/C12H13BrN2S/c1-6-5-10(13)7(2)4-9(6)11-8(3)16-12(14)15-11/h4-5H,1-3H3,(H2,14,15). The summed E-state index contributed by atoms with van der Waals surface area (Å²) >= 11 is 5.07. The third-order valence-corrected chi connectivity index (χ3v) is 4.23. The molecular formula is C12H13BrN2S. The molecule has 1 heterocycles. The van der Waals surface area contributed by atoms with Gasteiger partial charge >= 0.3 is 0 Å².